The van der Waals surface area contributed by atoms with Crippen LogP contribution in [0.25, 0.3) is 0 Å². The molecule has 6 heteroatoms. The van der Waals surface area contributed by atoms with Crippen LogP contribution >= 0.6 is 11.3 Å². The molecule has 2 heterocycles. The molecule has 2 amide bonds. The van der Waals surface area contributed by atoms with E-state index in [1.165, 1.54) is 16.2 Å². The molecule has 1 saturated heterocycles. The van der Waals surface area contributed by atoms with E-state index in [0.717, 1.165) is 30.6 Å². The summed E-state index contributed by atoms with van der Waals surface area (Å²) in [5.41, 5.74) is 2.27. The van der Waals surface area contributed by atoms with Gasteiger partial charge < -0.3 is 15.1 Å². The van der Waals surface area contributed by atoms with E-state index in [1.54, 1.807) is 0 Å². The van der Waals surface area contributed by atoms with E-state index < -0.39 is 0 Å². The smallest absolute Gasteiger partial charge is 0.261 e. The molecule has 0 unspecified atom stereocenters. The number of thiophene rings is 1. The number of carbonyl (C=O) groups is 2. The highest BCUT2D eigenvalue weighted by Crippen LogP contribution is 2.25. The Balaban J connectivity index is 1.65. The van der Waals surface area contributed by atoms with Crippen molar-refractivity contribution in [2.45, 2.75) is 26.3 Å². The van der Waals surface area contributed by atoms with Crippen LogP contribution in [0, 0.1) is 6.92 Å². The van der Waals surface area contributed by atoms with Crippen LogP contribution in [0.15, 0.2) is 36.4 Å². The van der Waals surface area contributed by atoms with E-state index in [4.69, 9.17) is 0 Å². The van der Waals surface area contributed by atoms with Gasteiger partial charge in [0, 0.05) is 24.5 Å². The lowest BCUT2D eigenvalue weighted by Gasteiger charge is -2.40. The molecule has 144 valence electrons. The van der Waals surface area contributed by atoms with Crippen LogP contribution in [-0.4, -0.2) is 54.8 Å². The fourth-order valence-corrected chi connectivity index (χ4v) is 4.54. The lowest BCUT2D eigenvalue weighted by molar-refractivity contribution is -0.135. The molecule has 1 aromatic carbocycles. The molecule has 3 rings (SSSR count). The molecule has 0 spiro atoms. The number of amides is 2. The van der Waals surface area contributed by atoms with Crippen LogP contribution in [0.5, 0.6) is 0 Å². The Hall–Kier alpha value is -2.18. The molecule has 1 fully saturated rings. The number of aryl methyl sites for hydroxylation is 2. The largest absolute Gasteiger partial charge is 0.342 e. The van der Waals surface area contributed by atoms with Crippen LogP contribution < -0.4 is 5.32 Å². The zero-order valence-electron chi connectivity index (χ0n) is 16.2. The quantitative estimate of drug-likeness (QED) is 0.861. The van der Waals surface area contributed by atoms with Crippen molar-refractivity contribution in [3.8, 4) is 0 Å². The van der Waals surface area contributed by atoms with Crippen molar-refractivity contribution in [3.05, 3.63) is 57.3 Å². The van der Waals surface area contributed by atoms with E-state index >= 15 is 0 Å². The maximum atomic E-state index is 12.8. The van der Waals surface area contributed by atoms with E-state index in [1.807, 2.05) is 36.1 Å². The Morgan fingerprint density at radius 2 is 1.96 bits per heavy atom. The lowest BCUT2D eigenvalue weighted by atomic mass is 10.0. The van der Waals surface area contributed by atoms with Crippen molar-refractivity contribution in [1.29, 1.82) is 0 Å². The number of rotatable bonds is 5. The molecule has 0 saturated carbocycles. The maximum absolute atomic E-state index is 12.8. The standard InChI is InChI=1S/C21H27N3O2S/c1-4-18-15(2)12-19(27-18)21(26)22-13-20(25)24-11-10-23(3)14-17(24)16-8-6-5-7-9-16/h5-9,12,17H,4,10-11,13-14H2,1-3H3,(H,22,26)/t17-/m1/s1. The third-order valence-electron chi connectivity index (χ3n) is 5.05. The molecule has 1 N–H and O–H groups in total. The third-order valence-corrected chi connectivity index (χ3v) is 6.43. The van der Waals surface area contributed by atoms with Gasteiger partial charge in [-0.3, -0.25) is 9.59 Å². The van der Waals surface area contributed by atoms with Gasteiger partial charge in [0.15, 0.2) is 0 Å². The average molecular weight is 386 g/mol. The first-order valence-electron chi connectivity index (χ1n) is 9.40. The maximum Gasteiger partial charge on any atom is 0.261 e. The van der Waals surface area contributed by atoms with Crippen molar-refractivity contribution in [3.63, 3.8) is 0 Å². The predicted molar refractivity (Wildman–Crippen MR) is 109 cm³/mol. The van der Waals surface area contributed by atoms with Gasteiger partial charge in [-0.2, -0.15) is 0 Å². The summed E-state index contributed by atoms with van der Waals surface area (Å²) in [6.45, 7) is 6.45. The van der Waals surface area contributed by atoms with Gasteiger partial charge in [-0.1, -0.05) is 37.3 Å². The van der Waals surface area contributed by atoms with Crippen molar-refractivity contribution in [2.75, 3.05) is 33.2 Å². The summed E-state index contributed by atoms with van der Waals surface area (Å²) in [5, 5.41) is 2.81. The minimum absolute atomic E-state index is 0.0185. The van der Waals surface area contributed by atoms with Gasteiger partial charge in [-0.25, -0.2) is 0 Å². The Morgan fingerprint density at radius 3 is 2.63 bits per heavy atom. The molecule has 0 bridgehead atoms. The van der Waals surface area contributed by atoms with Gasteiger partial charge in [0.2, 0.25) is 5.91 Å². The summed E-state index contributed by atoms with van der Waals surface area (Å²) >= 11 is 1.51. The van der Waals surface area contributed by atoms with Gasteiger partial charge in [0.05, 0.1) is 17.5 Å². The highest BCUT2D eigenvalue weighted by atomic mass is 32.1. The third kappa shape index (κ3) is 4.57. The highest BCUT2D eigenvalue weighted by molar-refractivity contribution is 7.14. The number of likely N-dealkylation sites (N-methyl/N-ethyl adjacent to an activating group) is 1. The second kappa shape index (κ2) is 8.67. The first-order valence-corrected chi connectivity index (χ1v) is 10.2. The summed E-state index contributed by atoms with van der Waals surface area (Å²) < 4.78 is 0. The molecule has 2 aromatic rings. The number of piperazine rings is 1. The van der Waals surface area contributed by atoms with Crippen LogP contribution in [0.2, 0.25) is 0 Å². The zero-order chi connectivity index (χ0) is 19.4. The first kappa shape index (κ1) is 19.6. The van der Waals surface area contributed by atoms with E-state index in [0.29, 0.717) is 11.4 Å². The van der Waals surface area contributed by atoms with Crippen molar-refractivity contribution < 1.29 is 9.59 Å². The van der Waals surface area contributed by atoms with Gasteiger partial charge in [-0.15, -0.1) is 11.3 Å². The molecule has 5 nitrogen and oxygen atoms in total. The summed E-state index contributed by atoms with van der Waals surface area (Å²) in [4.78, 5) is 31.3. The number of hydrogen-bond acceptors (Lipinski definition) is 4. The van der Waals surface area contributed by atoms with Crippen molar-refractivity contribution in [1.82, 2.24) is 15.1 Å². The normalized spacial score (nSPS) is 17.7. The van der Waals surface area contributed by atoms with Crippen LogP contribution in [-0.2, 0) is 11.2 Å². The Morgan fingerprint density at radius 1 is 1.22 bits per heavy atom. The molecule has 27 heavy (non-hydrogen) atoms. The molecule has 1 aliphatic heterocycles. The average Bonchev–Trinajstić information content (AvgIpc) is 3.07. The summed E-state index contributed by atoms with van der Waals surface area (Å²) in [6, 6.07) is 12.0. The Labute approximate surface area is 165 Å². The SMILES string of the molecule is CCc1sc(C(=O)NCC(=O)N2CCN(C)C[C@@H]2c2ccccc2)cc1C. The topological polar surface area (TPSA) is 52.7 Å². The fourth-order valence-electron chi connectivity index (χ4n) is 3.51. The minimum Gasteiger partial charge on any atom is -0.342 e. The number of nitrogens with zero attached hydrogens (tertiary/aromatic N) is 2. The Bertz CT molecular complexity index is 803. The van der Waals surface area contributed by atoms with E-state index in [2.05, 4.69) is 36.3 Å². The molecule has 0 radical (unpaired) electrons. The highest BCUT2D eigenvalue weighted by Gasteiger charge is 2.30. The number of hydrogen-bond donors (Lipinski definition) is 1. The monoisotopic (exact) mass is 385 g/mol. The van der Waals surface area contributed by atoms with Crippen LogP contribution in [0.4, 0.5) is 0 Å². The molecular formula is C21H27N3O2S. The van der Waals surface area contributed by atoms with Gasteiger partial charge in [-0.05, 0) is 37.6 Å². The second-order valence-corrected chi connectivity index (χ2v) is 8.17. The predicted octanol–water partition coefficient (Wildman–Crippen LogP) is 2.86. The first-order chi connectivity index (χ1) is 13.0. The molecule has 1 aliphatic rings. The second-order valence-electron chi connectivity index (χ2n) is 7.03. The summed E-state index contributed by atoms with van der Waals surface area (Å²) in [5.74, 6) is -0.198. The van der Waals surface area contributed by atoms with Gasteiger partial charge in [0.25, 0.3) is 5.91 Å². The van der Waals surface area contributed by atoms with E-state index in [-0.39, 0.29) is 24.4 Å². The van der Waals surface area contributed by atoms with Crippen molar-refractivity contribution in [2.24, 2.45) is 0 Å². The molecule has 0 aliphatic carbocycles. The van der Waals surface area contributed by atoms with Gasteiger partial charge in [0.1, 0.15) is 0 Å². The fraction of sp³-hybridized carbons (Fsp3) is 0.429. The van der Waals surface area contributed by atoms with Gasteiger partial charge >= 0.3 is 0 Å². The molecule has 1 aromatic heterocycles. The molecular weight excluding hydrogens is 358 g/mol. The van der Waals surface area contributed by atoms with Crippen LogP contribution in [0.3, 0.4) is 0 Å². The Kier molecular flexibility index (Phi) is 6.29. The summed E-state index contributed by atoms with van der Waals surface area (Å²) in [7, 11) is 2.07. The number of nitrogens with one attached hydrogen (secondary N) is 1. The number of carbonyl (C=O) groups excluding carboxylic acids is 2. The van der Waals surface area contributed by atoms with E-state index in [9.17, 15) is 9.59 Å². The lowest BCUT2D eigenvalue weighted by Crippen LogP contribution is -2.51. The number of benzene rings is 1. The zero-order valence-corrected chi connectivity index (χ0v) is 17.0. The van der Waals surface area contributed by atoms with Crippen LogP contribution in [0.1, 0.15) is 38.6 Å². The minimum atomic E-state index is -0.165. The molecule has 1 atom stereocenters. The van der Waals surface area contributed by atoms with Crippen molar-refractivity contribution >= 4 is 23.2 Å². The summed E-state index contributed by atoms with van der Waals surface area (Å²) in [6.07, 6.45) is 0.919.